The number of anilines is 1. The summed E-state index contributed by atoms with van der Waals surface area (Å²) < 4.78 is 0. The van der Waals surface area contributed by atoms with Gasteiger partial charge in [-0.05, 0) is 58.3 Å². The van der Waals surface area contributed by atoms with Gasteiger partial charge < -0.3 is 20.8 Å². The number of fused-ring (bicyclic) bond motifs is 5. The van der Waals surface area contributed by atoms with E-state index in [0.29, 0.717) is 5.69 Å². The van der Waals surface area contributed by atoms with Gasteiger partial charge in [0.1, 0.15) is 0 Å². The van der Waals surface area contributed by atoms with Gasteiger partial charge in [0.25, 0.3) is 11.8 Å². The van der Waals surface area contributed by atoms with Crippen molar-refractivity contribution in [2.45, 2.75) is 32.1 Å². The molecule has 0 bridgehead atoms. The Hall–Kier alpha value is -3.48. The molecule has 0 aliphatic carbocycles. The summed E-state index contributed by atoms with van der Waals surface area (Å²) in [6.07, 6.45) is -3.72. The average molecular weight is 416 g/mol. The van der Waals surface area contributed by atoms with Crippen LogP contribution in [0.4, 0.5) is 5.69 Å². The Bertz CT molecular complexity index is 1300. The molecule has 0 saturated heterocycles. The quantitative estimate of drug-likeness (QED) is 0.375. The molecule has 4 aromatic carbocycles. The molecule has 0 aromatic heterocycles. The fraction of sp³-hybridized carbons (Fsp3) is 0.200. The smallest absolute Gasteiger partial charge is 0.256 e. The maximum Gasteiger partial charge on any atom is 0.256 e. The lowest BCUT2D eigenvalue weighted by atomic mass is 9.97. The summed E-state index contributed by atoms with van der Waals surface area (Å²) in [5.74, 6) is -1.65. The van der Waals surface area contributed by atoms with Crippen LogP contribution in [0.5, 0.6) is 0 Å². The molecule has 158 valence electrons. The lowest BCUT2D eigenvalue weighted by Crippen LogP contribution is -2.49. The van der Waals surface area contributed by atoms with Crippen molar-refractivity contribution in [3.8, 4) is 0 Å². The highest BCUT2D eigenvalue weighted by molar-refractivity contribution is 6.17. The van der Waals surface area contributed by atoms with E-state index in [1.165, 1.54) is 10.8 Å². The number of rotatable bonds is 5. The Kier molecular flexibility index (Phi) is 5.59. The topological polar surface area (TPSA) is 98.7 Å². The van der Waals surface area contributed by atoms with Crippen LogP contribution in [0.3, 0.4) is 0 Å². The van der Waals surface area contributed by atoms with Gasteiger partial charge in [0.05, 0.1) is 0 Å². The van der Waals surface area contributed by atoms with E-state index in [-0.39, 0.29) is 6.04 Å². The van der Waals surface area contributed by atoms with Gasteiger partial charge in [-0.15, -0.1) is 0 Å². The zero-order valence-corrected chi connectivity index (χ0v) is 17.3. The fourth-order valence-electron chi connectivity index (χ4n) is 3.78. The number of benzene rings is 4. The molecule has 2 amide bonds. The molecule has 2 atom stereocenters. The van der Waals surface area contributed by atoms with Gasteiger partial charge in [0.15, 0.2) is 12.2 Å². The van der Waals surface area contributed by atoms with Crippen molar-refractivity contribution in [2.24, 2.45) is 0 Å². The minimum atomic E-state index is -1.88. The highest BCUT2D eigenvalue weighted by atomic mass is 16.3. The van der Waals surface area contributed by atoms with E-state index < -0.39 is 24.0 Å². The molecule has 6 heteroatoms. The van der Waals surface area contributed by atoms with Crippen LogP contribution in [-0.2, 0) is 9.59 Å². The molecule has 6 nitrogen and oxygen atoms in total. The molecule has 4 N–H and O–H groups in total. The van der Waals surface area contributed by atoms with Crippen LogP contribution < -0.4 is 10.6 Å². The number of hydrogen-bond acceptors (Lipinski definition) is 4. The summed E-state index contributed by atoms with van der Waals surface area (Å²) in [4.78, 5) is 24.2. The van der Waals surface area contributed by atoms with Crippen LogP contribution >= 0.6 is 0 Å². The van der Waals surface area contributed by atoms with Gasteiger partial charge in [-0.25, -0.2) is 0 Å². The Morgan fingerprint density at radius 1 is 0.710 bits per heavy atom. The van der Waals surface area contributed by atoms with Gasteiger partial charge in [-0.1, -0.05) is 54.6 Å². The summed E-state index contributed by atoms with van der Waals surface area (Å²) in [6.45, 7) is 3.44. The summed E-state index contributed by atoms with van der Waals surface area (Å²) in [5.41, 5.74) is 0.466. The predicted molar refractivity (Wildman–Crippen MR) is 123 cm³/mol. The minimum Gasteiger partial charge on any atom is -0.380 e. The average Bonchev–Trinajstić information content (AvgIpc) is 2.76. The first-order valence-electron chi connectivity index (χ1n) is 10.2. The van der Waals surface area contributed by atoms with E-state index in [4.69, 9.17) is 0 Å². The van der Waals surface area contributed by atoms with E-state index in [9.17, 15) is 19.8 Å². The van der Waals surface area contributed by atoms with Gasteiger partial charge in [-0.2, -0.15) is 0 Å². The third-order valence-corrected chi connectivity index (χ3v) is 5.28. The van der Waals surface area contributed by atoms with Crippen LogP contribution in [0.15, 0.2) is 66.7 Å². The van der Waals surface area contributed by atoms with Gasteiger partial charge in [0, 0.05) is 11.7 Å². The SMILES string of the molecule is CC(C)NC(=O)[C@@H](O)[C@H](O)C(=O)Nc1ccc2c(ccc3c4ccccc4ccc23)c1. The fourth-order valence-corrected chi connectivity index (χ4v) is 3.78. The monoisotopic (exact) mass is 416 g/mol. The highest BCUT2D eigenvalue weighted by Crippen LogP contribution is 2.32. The molecular weight excluding hydrogens is 392 g/mol. The first-order chi connectivity index (χ1) is 14.8. The molecule has 0 saturated carbocycles. The number of carbonyl (C=O) groups is 2. The van der Waals surface area contributed by atoms with Crippen molar-refractivity contribution in [3.05, 3.63) is 66.7 Å². The number of hydrogen-bond donors (Lipinski definition) is 4. The third kappa shape index (κ3) is 4.08. The Balaban J connectivity index is 1.60. The van der Waals surface area contributed by atoms with Crippen LogP contribution in [-0.4, -0.2) is 40.3 Å². The van der Waals surface area contributed by atoms with Crippen LogP contribution in [0.2, 0.25) is 0 Å². The Morgan fingerprint density at radius 3 is 2.00 bits per heavy atom. The summed E-state index contributed by atoms with van der Waals surface area (Å²) in [6, 6.07) is 21.7. The largest absolute Gasteiger partial charge is 0.380 e. The second-order valence-electron chi connectivity index (χ2n) is 7.93. The molecule has 4 aromatic rings. The van der Waals surface area contributed by atoms with Crippen molar-refractivity contribution in [1.82, 2.24) is 5.32 Å². The number of aliphatic hydroxyl groups is 2. The van der Waals surface area contributed by atoms with E-state index in [1.54, 1.807) is 26.0 Å². The Labute approximate surface area is 179 Å². The normalized spacial score (nSPS) is 13.5. The molecule has 0 spiro atoms. The molecular formula is C25H24N2O4. The van der Waals surface area contributed by atoms with Gasteiger partial charge in [0.2, 0.25) is 0 Å². The van der Waals surface area contributed by atoms with Crippen molar-refractivity contribution < 1.29 is 19.8 Å². The standard InChI is InChI=1S/C25H24N2O4/c1-14(2)26-24(30)22(28)23(29)25(31)27-17-9-12-19-16(13-17)8-11-20-18-6-4-3-5-15(18)7-10-21(19)20/h3-14,22-23,28-29H,1-2H3,(H,26,30)(H,27,31)/t22-,23-/m0/s1. The van der Waals surface area contributed by atoms with Crippen LogP contribution in [0, 0.1) is 0 Å². The molecule has 0 radical (unpaired) electrons. The second-order valence-corrected chi connectivity index (χ2v) is 7.93. The van der Waals surface area contributed by atoms with Crippen molar-refractivity contribution >= 4 is 49.8 Å². The zero-order chi connectivity index (χ0) is 22.1. The minimum absolute atomic E-state index is 0.218. The number of aliphatic hydroxyl groups excluding tert-OH is 2. The van der Waals surface area contributed by atoms with Crippen LogP contribution in [0.1, 0.15) is 13.8 Å². The first kappa shape index (κ1) is 20.8. The number of carbonyl (C=O) groups excluding carboxylic acids is 2. The highest BCUT2D eigenvalue weighted by Gasteiger charge is 2.30. The van der Waals surface area contributed by atoms with Crippen molar-refractivity contribution in [1.29, 1.82) is 0 Å². The lowest BCUT2D eigenvalue weighted by Gasteiger charge is -2.18. The molecule has 0 aliphatic rings. The first-order valence-corrected chi connectivity index (χ1v) is 10.2. The molecule has 0 aliphatic heterocycles. The zero-order valence-electron chi connectivity index (χ0n) is 17.3. The second kappa shape index (κ2) is 8.34. The summed E-state index contributed by atoms with van der Waals surface area (Å²) >= 11 is 0. The molecule has 4 rings (SSSR count). The van der Waals surface area contributed by atoms with Crippen molar-refractivity contribution in [2.75, 3.05) is 5.32 Å². The molecule has 0 fully saturated rings. The maximum atomic E-state index is 12.3. The van der Waals surface area contributed by atoms with E-state index in [1.807, 2.05) is 24.3 Å². The third-order valence-electron chi connectivity index (χ3n) is 5.28. The summed E-state index contributed by atoms with van der Waals surface area (Å²) in [7, 11) is 0. The number of amides is 2. The summed E-state index contributed by atoms with van der Waals surface area (Å²) in [5, 5.41) is 31.6. The van der Waals surface area contributed by atoms with E-state index in [0.717, 1.165) is 21.5 Å². The number of nitrogens with one attached hydrogen (secondary N) is 2. The van der Waals surface area contributed by atoms with Gasteiger partial charge >= 0.3 is 0 Å². The lowest BCUT2D eigenvalue weighted by molar-refractivity contribution is -0.143. The molecule has 31 heavy (non-hydrogen) atoms. The Morgan fingerprint density at radius 2 is 1.29 bits per heavy atom. The molecule has 0 unspecified atom stereocenters. The van der Waals surface area contributed by atoms with E-state index in [2.05, 4.69) is 41.0 Å². The van der Waals surface area contributed by atoms with Crippen molar-refractivity contribution in [3.63, 3.8) is 0 Å². The van der Waals surface area contributed by atoms with Gasteiger partial charge in [-0.3, -0.25) is 9.59 Å². The van der Waals surface area contributed by atoms with Crippen LogP contribution in [0.25, 0.3) is 32.3 Å². The maximum absolute atomic E-state index is 12.3. The predicted octanol–water partition coefficient (Wildman–Crippen LogP) is 3.33. The van der Waals surface area contributed by atoms with E-state index >= 15 is 0 Å². The molecule has 0 heterocycles.